The Hall–Kier alpha value is -2.62. The lowest BCUT2D eigenvalue weighted by molar-refractivity contribution is -0.137. The number of alkyl halides is 3. The molecule has 3 atom stereocenters. The molecule has 3 aromatic rings. The largest absolute Gasteiger partial charge is 0.416 e. The Morgan fingerprint density at radius 3 is 2.33 bits per heavy atom. The maximum atomic E-state index is 14.2. The highest BCUT2D eigenvalue weighted by molar-refractivity contribution is 6.30. The molecule has 2 N–H and O–H groups in total. The zero-order valence-electron chi connectivity index (χ0n) is 19.7. The second kappa shape index (κ2) is 10.4. The predicted octanol–water partition coefficient (Wildman–Crippen LogP) is 6.70. The average molecular weight is 545 g/mol. The lowest BCUT2D eigenvalue weighted by Crippen LogP contribution is -2.36. The molecule has 1 aromatic heterocycles. The van der Waals surface area contributed by atoms with Crippen molar-refractivity contribution in [2.24, 2.45) is 0 Å². The van der Waals surface area contributed by atoms with E-state index in [4.69, 9.17) is 16.7 Å². The van der Waals surface area contributed by atoms with Crippen molar-refractivity contribution < 1.29 is 22.4 Å². The molecule has 1 aliphatic heterocycles. The molecule has 194 valence electrons. The average Bonchev–Trinajstić information content (AvgIpc) is 3.43. The quantitative estimate of drug-likeness (QED) is 0.359. The molecule has 2 heterocycles. The van der Waals surface area contributed by atoms with Crippen LogP contribution in [0.25, 0.3) is 0 Å². The number of nitrogens with zero attached hydrogens (tertiary/aromatic N) is 2. The van der Waals surface area contributed by atoms with Crippen LogP contribution in [0.4, 0.5) is 23.2 Å². The van der Waals surface area contributed by atoms with Gasteiger partial charge in [0.1, 0.15) is 5.82 Å². The van der Waals surface area contributed by atoms with E-state index in [1.807, 2.05) is 37.7 Å². The maximum Gasteiger partial charge on any atom is 0.416 e. The van der Waals surface area contributed by atoms with Crippen molar-refractivity contribution in [2.75, 3.05) is 5.32 Å². The minimum Gasteiger partial charge on any atom is -0.325 e. The number of carbonyl (C=O) groups is 1. The number of carbonyl (C=O) groups excluding carboxylic acids is 1. The summed E-state index contributed by atoms with van der Waals surface area (Å²) in [5.41, 5.74) is 0.573. The molecular weight excluding hydrogens is 519 g/mol. The third kappa shape index (κ3) is 6.02. The van der Waals surface area contributed by atoms with Crippen molar-refractivity contribution in [1.82, 2.24) is 15.1 Å². The number of amides is 1. The van der Waals surface area contributed by atoms with Crippen molar-refractivity contribution in [3.8, 4) is 0 Å². The van der Waals surface area contributed by atoms with E-state index in [9.17, 15) is 22.4 Å². The standard InChI is InChI=1S/C25H25ClF4N4O.ClH/c1-24(2,3)34-11-10-20(33-34)17-13-21(32-22(17)14-4-9-18(26)19(27)12-14)23(35)31-16-7-5-15(6-8-16)25(28,29)30;/h4-12,17,21-22,32H,13H2,1-3H3,(H,31,35);1H/t17?,21-,22-;/m0./s1. The van der Waals surface area contributed by atoms with E-state index in [0.717, 1.165) is 17.8 Å². The van der Waals surface area contributed by atoms with Gasteiger partial charge in [0.15, 0.2) is 0 Å². The van der Waals surface area contributed by atoms with Gasteiger partial charge < -0.3 is 5.32 Å². The molecule has 1 unspecified atom stereocenters. The van der Waals surface area contributed by atoms with Crippen LogP contribution in [0.2, 0.25) is 5.02 Å². The van der Waals surface area contributed by atoms with Crippen LogP contribution in [0, 0.1) is 5.82 Å². The van der Waals surface area contributed by atoms with Crippen LogP contribution in [-0.4, -0.2) is 21.7 Å². The summed E-state index contributed by atoms with van der Waals surface area (Å²) < 4.78 is 54.5. The molecule has 11 heteroatoms. The third-order valence-corrected chi connectivity index (χ3v) is 6.36. The highest BCUT2D eigenvalue weighted by Gasteiger charge is 2.40. The van der Waals surface area contributed by atoms with Crippen LogP contribution < -0.4 is 10.6 Å². The molecule has 0 spiro atoms. The molecule has 2 aromatic carbocycles. The SMILES string of the molecule is CC(C)(C)n1ccc(C2C[C@@H](C(=O)Nc3ccc(C(F)(F)F)cc3)N[C@H]2c2ccc(Cl)c(F)c2)n1.Cl. The monoisotopic (exact) mass is 544 g/mol. The molecule has 1 aliphatic rings. The van der Waals surface area contributed by atoms with Crippen LogP contribution in [-0.2, 0) is 16.5 Å². The number of benzene rings is 2. The fraction of sp³-hybridized carbons (Fsp3) is 0.360. The van der Waals surface area contributed by atoms with E-state index >= 15 is 0 Å². The van der Waals surface area contributed by atoms with Gasteiger partial charge in [-0.15, -0.1) is 12.4 Å². The van der Waals surface area contributed by atoms with Crippen molar-refractivity contribution >= 4 is 35.6 Å². The smallest absolute Gasteiger partial charge is 0.325 e. The summed E-state index contributed by atoms with van der Waals surface area (Å²) >= 11 is 5.86. The van der Waals surface area contributed by atoms with E-state index < -0.39 is 35.5 Å². The maximum absolute atomic E-state index is 14.2. The van der Waals surface area contributed by atoms with Crippen molar-refractivity contribution in [2.45, 2.75) is 56.9 Å². The second-order valence-electron chi connectivity index (χ2n) is 9.63. The van der Waals surface area contributed by atoms with Crippen LogP contribution in [0.3, 0.4) is 0 Å². The number of rotatable bonds is 4. The number of nitrogens with one attached hydrogen (secondary N) is 2. The van der Waals surface area contributed by atoms with Crippen molar-refractivity contribution in [1.29, 1.82) is 0 Å². The summed E-state index contributed by atoms with van der Waals surface area (Å²) in [5, 5.41) is 10.6. The highest BCUT2D eigenvalue weighted by Crippen LogP contribution is 2.41. The van der Waals surface area contributed by atoms with Gasteiger partial charge in [-0.25, -0.2) is 4.39 Å². The minimum absolute atomic E-state index is 0. The Kier molecular flexibility index (Phi) is 8.07. The van der Waals surface area contributed by atoms with Crippen LogP contribution in [0.1, 0.15) is 56.0 Å². The van der Waals surface area contributed by atoms with E-state index in [2.05, 4.69) is 10.6 Å². The summed E-state index contributed by atoms with van der Waals surface area (Å²) in [7, 11) is 0. The highest BCUT2D eigenvalue weighted by atomic mass is 35.5. The number of hydrogen-bond donors (Lipinski definition) is 2. The van der Waals surface area contributed by atoms with E-state index in [1.165, 1.54) is 24.3 Å². The topological polar surface area (TPSA) is 59.0 Å². The molecule has 1 fully saturated rings. The van der Waals surface area contributed by atoms with Gasteiger partial charge in [-0.3, -0.25) is 14.8 Å². The number of halogens is 6. The van der Waals surface area contributed by atoms with E-state index in [0.29, 0.717) is 12.0 Å². The van der Waals surface area contributed by atoms with Gasteiger partial charge >= 0.3 is 6.18 Å². The molecule has 0 bridgehead atoms. The summed E-state index contributed by atoms with van der Waals surface area (Å²) in [4.78, 5) is 13.0. The van der Waals surface area contributed by atoms with E-state index in [-0.39, 0.29) is 34.6 Å². The predicted molar refractivity (Wildman–Crippen MR) is 133 cm³/mol. The lowest BCUT2D eigenvalue weighted by atomic mass is 9.90. The summed E-state index contributed by atoms with van der Waals surface area (Å²) in [6.07, 6.45) is -2.23. The Labute approximate surface area is 217 Å². The Bertz CT molecular complexity index is 1220. The number of anilines is 1. The molecule has 4 rings (SSSR count). The zero-order valence-corrected chi connectivity index (χ0v) is 21.3. The van der Waals surface area contributed by atoms with Crippen LogP contribution in [0.5, 0.6) is 0 Å². The molecule has 0 radical (unpaired) electrons. The molecule has 5 nitrogen and oxygen atoms in total. The van der Waals surface area contributed by atoms with Gasteiger partial charge in [0.2, 0.25) is 5.91 Å². The van der Waals surface area contributed by atoms with Crippen molar-refractivity contribution in [3.63, 3.8) is 0 Å². The fourth-order valence-corrected chi connectivity index (χ4v) is 4.30. The lowest BCUT2D eigenvalue weighted by Gasteiger charge is -2.21. The van der Waals surface area contributed by atoms with Crippen LogP contribution >= 0.6 is 24.0 Å². The number of hydrogen-bond acceptors (Lipinski definition) is 3. The molecule has 36 heavy (non-hydrogen) atoms. The summed E-state index contributed by atoms with van der Waals surface area (Å²) in [6, 6.07) is 9.55. The Morgan fingerprint density at radius 1 is 1.11 bits per heavy atom. The Morgan fingerprint density at radius 2 is 1.78 bits per heavy atom. The van der Waals surface area contributed by atoms with Gasteiger partial charge in [-0.1, -0.05) is 17.7 Å². The molecular formula is C25H26Cl2F4N4O. The molecule has 1 amide bonds. The normalized spacial score (nSPS) is 20.2. The third-order valence-electron chi connectivity index (χ3n) is 6.05. The first-order valence-electron chi connectivity index (χ1n) is 11.1. The molecule has 0 saturated carbocycles. The first-order chi connectivity index (χ1) is 16.3. The first-order valence-corrected chi connectivity index (χ1v) is 11.5. The second-order valence-corrected chi connectivity index (χ2v) is 10.0. The van der Waals surface area contributed by atoms with Gasteiger partial charge in [0.05, 0.1) is 27.9 Å². The van der Waals surface area contributed by atoms with Gasteiger partial charge in [0.25, 0.3) is 0 Å². The summed E-state index contributed by atoms with van der Waals surface area (Å²) in [5.74, 6) is -1.22. The zero-order chi connectivity index (χ0) is 25.5. The van der Waals surface area contributed by atoms with Crippen molar-refractivity contribution in [3.05, 3.63) is 82.4 Å². The van der Waals surface area contributed by atoms with Gasteiger partial charge in [-0.2, -0.15) is 18.3 Å². The first kappa shape index (κ1) is 28.0. The summed E-state index contributed by atoms with van der Waals surface area (Å²) in [6.45, 7) is 6.05. The fourth-order valence-electron chi connectivity index (χ4n) is 4.18. The molecule has 1 saturated heterocycles. The van der Waals surface area contributed by atoms with E-state index in [1.54, 1.807) is 6.07 Å². The Balaban J connectivity index is 0.00000361. The minimum atomic E-state index is -4.46. The van der Waals surface area contributed by atoms with Gasteiger partial charge in [-0.05, 0) is 75.2 Å². The number of aromatic nitrogens is 2. The van der Waals surface area contributed by atoms with Crippen LogP contribution in [0.15, 0.2) is 54.7 Å². The molecule has 0 aliphatic carbocycles. The van der Waals surface area contributed by atoms with Gasteiger partial charge in [0, 0.05) is 23.8 Å².